The van der Waals surface area contributed by atoms with Gasteiger partial charge in [-0.1, -0.05) is 6.92 Å². The van der Waals surface area contributed by atoms with Gasteiger partial charge in [-0.25, -0.2) is 14.6 Å². The topological polar surface area (TPSA) is 81.9 Å². The Hall–Kier alpha value is -2.44. The zero-order chi connectivity index (χ0) is 15.3. The second-order valence-corrected chi connectivity index (χ2v) is 6.10. The summed E-state index contributed by atoms with van der Waals surface area (Å²) in [5.74, 6) is 1.26. The number of aryl methyl sites for hydroxylation is 1. The summed E-state index contributed by atoms with van der Waals surface area (Å²) in [7, 11) is 1.60. The monoisotopic (exact) mass is 299 g/mol. The Morgan fingerprint density at radius 3 is 2.91 bits per heavy atom. The van der Waals surface area contributed by atoms with Gasteiger partial charge in [-0.2, -0.15) is 5.10 Å². The molecule has 0 bridgehead atoms. The summed E-state index contributed by atoms with van der Waals surface area (Å²) in [5, 5.41) is 7.45. The molecule has 0 radical (unpaired) electrons. The first-order chi connectivity index (χ1) is 10.6. The van der Waals surface area contributed by atoms with Gasteiger partial charge in [-0.15, -0.1) is 0 Å². The second-order valence-electron chi connectivity index (χ2n) is 6.10. The molecule has 114 valence electrons. The molecule has 1 N–H and O–H groups in total. The van der Waals surface area contributed by atoms with Crippen molar-refractivity contribution < 1.29 is 9.53 Å². The number of amides is 1. The van der Waals surface area contributed by atoms with Crippen LogP contribution < -0.4 is 10.1 Å². The standard InChI is InChI=1S/C15H17N5O2/c1-15(4-5-15)13-12(14(22-2)17-8-16-13)9-7-10-18-11(21)3-6-20(10)19-9/h7-8H,3-6H2,1-2H3,(H,18,21). The Kier molecular flexibility index (Phi) is 2.72. The van der Waals surface area contributed by atoms with Crippen molar-refractivity contribution in [3.8, 4) is 17.1 Å². The van der Waals surface area contributed by atoms with Crippen LogP contribution in [0, 0.1) is 0 Å². The van der Waals surface area contributed by atoms with Gasteiger partial charge in [-0.3, -0.25) is 4.79 Å². The number of carbonyl (C=O) groups is 1. The van der Waals surface area contributed by atoms with E-state index in [1.165, 1.54) is 0 Å². The number of hydrogen-bond donors (Lipinski definition) is 1. The molecule has 0 spiro atoms. The van der Waals surface area contributed by atoms with Crippen LogP contribution in [-0.2, 0) is 16.8 Å². The molecule has 1 aliphatic carbocycles. The van der Waals surface area contributed by atoms with E-state index in [1.807, 2.05) is 10.7 Å². The summed E-state index contributed by atoms with van der Waals surface area (Å²) < 4.78 is 7.24. The van der Waals surface area contributed by atoms with Crippen molar-refractivity contribution in [1.29, 1.82) is 0 Å². The van der Waals surface area contributed by atoms with Gasteiger partial charge in [0.25, 0.3) is 0 Å². The average molecular weight is 299 g/mol. The van der Waals surface area contributed by atoms with E-state index in [-0.39, 0.29) is 11.3 Å². The molecule has 0 unspecified atom stereocenters. The van der Waals surface area contributed by atoms with Crippen LogP contribution in [0.1, 0.15) is 31.9 Å². The Morgan fingerprint density at radius 2 is 2.18 bits per heavy atom. The average Bonchev–Trinajstić information content (AvgIpc) is 3.13. The van der Waals surface area contributed by atoms with E-state index in [1.54, 1.807) is 13.4 Å². The van der Waals surface area contributed by atoms with Gasteiger partial charge in [-0.05, 0) is 12.8 Å². The molecule has 1 fully saturated rings. The highest BCUT2D eigenvalue weighted by Gasteiger charge is 2.43. The third kappa shape index (κ3) is 1.96. The fourth-order valence-electron chi connectivity index (χ4n) is 2.86. The molecule has 7 heteroatoms. The number of ether oxygens (including phenoxy) is 1. The minimum atomic E-state index is 0.0182. The largest absolute Gasteiger partial charge is 0.480 e. The second kappa shape index (κ2) is 4.53. The minimum Gasteiger partial charge on any atom is -0.480 e. The van der Waals surface area contributed by atoms with Crippen molar-refractivity contribution in [3.63, 3.8) is 0 Å². The number of nitrogens with one attached hydrogen (secondary N) is 1. The summed E-state index contributed by atoms with van der Waals surface area (Å²) in [4.78, 5) is 20.2. The number of carbonyl (C=O) groups excluding carboxylic acids is 1. The van der Waals surface area contributed by atoms with E-state index in [2.05, 4.69) is 27.3 Å². The lowest BCUT2D eigenvalue weighted by Crippen LogP contribution is -2.23. The molecule has 2 aromatic rings. The number of fused-ring (bicyclic) bond motifs is 1. The third-order valence-electron chi connectivity index (χ3n) is 4.43. The van der Waals surface area contributed by atoms with Crippen molar-refractivity contribution >= 4 is 11.7 Å². The zero-order valence-corrected chi connectivity index (χ0v) is 12.6. The van der Waals surface area contributed by atoms with Crippen LogP contribution in [0.5, 0.6) is 5.88 Å². The predicted octanol–water partition coefficient (Wildman–Crippen LogP) is 1.74. The van der Waals surface area contributed by atoms with Crippen LogP contribution in [0.15, 0.2) is 12.4 Å². The van der Waals surface area contributed by atoms with Crippen molar-refractivity contribution in [1.82, 2.24) is 19.7 Å². The summed E-state index contributed by atoms with van der Waals surface area (Å²) >= 11 is 0. The van der Waals surface area contributed by atoms with Gasteiger partial charge in [0.2, 0.25) is 11.8 Å². The quantitative estimate of drug-likeness (QED) is 0.933. The lowest BCUT2D eigenvalue weighted by Gasteiger charge is -2.14. The maximum Gasteiger partial charge on any atom is 0.227 e. The van der Waals surface area contributed by atoms with Crippen LogP contribution in [0.3, 0.4) is 0 Å². The van der Waals surface area contributed by atoms with E-state index in [0.717, 1.165) is 29.8 Å². The smallest absolute Gasteiger partial charge is 0.227 e. The fourth-order valence-corrected chi connectivity index (χ4v) is 2.86. The maximum atomic E-state index is 11.5. The maximum absolute atomic E-state index is 11.5. The zero-order valence-electron chi connectivity index (χ0n) is 12.6. The molecule has 7 nitrogen and oxygen atoms in total. The SMILES string of the molecule is COc1ncnc(C2(C)CC2)c1-c1cc2n(n1)CCC(=O)N2. The highest BCUT2D eigenvalue weighted by Crippen LogP contribution is 2.51. The van der Waals surface area contributed by atoms with Crippen LogP contribution in [0.4, 0.5) is 5.82 Å². The van der Waals surface area contributed by atoms with Crippen molar-refractivity contribution in [3.05, 3.63) is 18.1 Å². The molecule has 1 saturated carbocycles. The van der Waals surface area contributed by atoms with Gasteiger partial charge in [0.05, 0.1) is 24.9 Å². The molecule has 2 aliphatic rings. The number of anilines is 1. The van der Waals surface area contributed by atoms with Crippen LogP contribution in [0.25, 0.3) is 11.3 Å². The Morgan fingerprint density at radius 1 is 1.36 bits per heavy atom. The van der Waals surface area contributed by atoms with Gasteiger partial charge in [0, 0.05) is 17.9 Å². The van der Waals surface area contributed by atoms with Crippen molar-refractivity contribution in [2.75, 3.05) is 12.4 Å². The Labute approximate surface area is 127 Å². The molecule has 4 rings (SSSR count). The highest BCUT2D eigenvalue weighted by molar-refractivity contribution is 5.92. The molecule has 2 aromatic heterocycles. The van der Waals surface area contributed by atoms with Gasteiger partial charge >= 0.3 is 0 Å². The van der Waals surface area contributed by atoms with Crippen molar-refractivity contribution in [2.45, 2.75) is 38.1 Å². The lowest BCUT2D eigenvalue weighted by molar-refractivity contribution is -0.116. The van der Waals surface area contributed by atoms with E-state index in [9.17, 15) is 4.79 Å². The molecule has 1 aliphatic heterocycles. The third-order valence-corrected chi connectivity index (χ3v) is 4.43. The molecular weight excluding hydrogens is 282 g/mol. The fraction of sp³-hybridized carbons (Fsp3) is 0.467. The van der Waals surface area contributed by atoms with Gasteiger partial charge in [0.15, 0.2) is 0 Å². The van der Waals surface area contributed by atoms with Crippen LogP contribution >= 0.6 is 0 Å². The number of aromatic nitrogens is 4. The Bertz CT molecular complexity index is 763. The van der Waals surface area contributed by atoms with E-state index >= 15 is 0 Å². The predicted molar refractivity (Wildman–Crippen MR) is 79.6 cm³/mol. The summed E-state index contributed by atoms with van der Waals surface area (Å²) in [5.41, 5.74) is 2.62. The number of rotatable bonds is 3. The summed E-state index contributed by atoms with van der Waals surface area (Å²) in [6, 6.07) is 1.87. The Balaban J connectivity index is 1.87. The van der Waals surface area contributed by atoms with Crippen LogP contribution in [-0.4, -0.2) is 32.8 Å². The molecule has 1 amide bonds. The number of nitrogens with zero attached hydrogens (tertiary/aromatic N) is 4. The first-order valence-corrected chi connectivity index (χ1v) is 7.38. The van der Waals surface area contributed by atoms with Gasteiger partial charge < -0.3 is 10.1 Å². The van der Waals surface area contributed by atoms with E-state index in [4.69, 9.17) is 4.74 Å². The molecule has 0 saturated heterocycles. The summed E-state index contributed by atoms with van der Waals surface area (Å²) in [6.45, 7) is 2.78. The van der Waals surface area contributed by atoms with Crippen LogP contribution in [0.2, 0.25) is 0 Å². The van der Waals surface area contributed by atoms with E-state index in [0.29, 0.717) is 24.7 Å². The van der Waals surface area contributed by atoms with Crippen molar-refractivity contribution in [2.24, 2.45) is 0 Å². The molecular formula is C15H17N5O2. The first-order valence-electron chi connectivity index (χ1n) is 7.38. The molecule has 22 heavy (non-hydrogen) atoms. The molecule has 0 aromatic carbocycles. The molecule has 0 atom stereocenters. The number of methoxy groups -OCH3 is 1. The normalized spacial score (nSPS) is 18.5. The highest BCUT2D eigenvalue weighted by atomic mass is 16.5. The molecule has 3 heterocycles. The number of hydrogen-bond acceptors (Lipinski definition) is 5. The minimum absolute atomic E-state index is 0.0182. The lowest BCUT2D eigenvalue weighted by atomic mass is 9.98. The summed E-state index contributed by atoms with van der Waals surface area (Å²) in [6.07, 6.45) is 4.19. The van der Waals surface area contributed by atoms with Gasteiger partial charge in [0.1, 0.15) is 17.8 Å². The van der Waals surface area contributed by atoms with E-state index < -0.39 is 0 Å². The first kappa shape index (κ1) is 13.2.